The van der Waals surface area contributed by atoms with Crippen molar-refractivity contribution >= 4 is 42.3 Å². The van der Waals surface area contributed by atoms with Gasteiger partial charge in [0, 0.05) is 24.1 Å². The predicted octanol–water partition coefficient (Wildman–Crippen LogP) is -1.53. The van der Waals surface area contributed by atoms with E-state index in [1.807, 2.05) is 6.07 Å². The normalized spacial score (nSPS) is 14.1. The second-order valence-electron chi connectivity index (χ2n) is 7.88. The van der Waals surface area contributed by atoms with Crippen LogP contribution in [0.25, 0.3) is 0 Å². The van der Waals surface area contributed by atoms with E-state index in [0.29, 0.717) is 5.69 Å². The molecule has 1 aromatic heterocycles. The first-order chi connectivity index (χ1) is 17.1. The third-order valence-corrected chi connectivity index (χ3v) is 5.42. The number of hydrogen-bond acceptors (Lipinski definition) is 8. The number of hydrogen-bond donors (Lipinski definition) is 8. The van der Waals surface area contributed by atoms with Crippen LogP contribution in [0, 0.1) is 0 Å². The third kappa shape index (κ3) is 9.03. The molecule has 194 valence electrons. The first-order valence-corrected chi connectivity index (χ1v) is 11.5. The van der Waals surface area contributed by atoms with E-state index < -0.39 is 60.2 Å². The van der Waals surface area contributed by atoms with Crippen LogP contribution in [0.5, 0.6) is 0 Å². The molecule has 0 saturated carbocycles. The maximum Gasteiger partial charge on any atom is 0.326 e. The molecule has 0 bridgehead atoms. The van der Waals surface area contributed by atoms with Crippen LogP contribution in [0.2, 0.25) is 0 Å². The number of carboxylic acids is 2. The highest BCUT2D eigenvalue weighted by Crippen LogP contribution is 2.04. The number of thiol groups is 1. The summed E-state index contributed by atoms with van der Waals surface area (Å²) >= 11 is 4.05. The Balaban J connectivity index is 2.03. The standard InChI is InChI=1S/C22H28N6O7S/c23-14(6-12-4-2-1-3-5-12)19(31)28-17(10-36)21(33)26-15(8-18(29)30)20(32)27-16(22(34)35)7-13-9-24-11-25-13/h1-5,9,11,14-17,36H,6-8,10,23H2,(H,24,25)(H,26,33)(H,27,32)(H,28,31)(H,29,30)(H,34,35). The zero-order valence-corrected chi connectivity index (χ0v) is 20.0. The lowest BCUT2D eigenvalue weighted by molar-refractivity contribution is -0.143. The van der Waals surface area contributed by atoms with Gasteiger partial charge in [0.15, 0.2) is 0 Å². The summed E-state index contributed by atoms with van der Waals surface area (Å²) in [6.45, 7) is 0. The summed E-state index contributed by atoms with van der Waals surface area (Å²) in [4.78, 5) is 67.3. The molecule has 0 aliphatic carbocycles. The SMILES string of the molecule is NC(Cc1ccccc1)C(=O)NC(CS)C(=O)NC(CC(=O)O)C(=O)NC(Cc1cnc[nH]1)C(=O)O. The molecule has 3 amide bonds. The molecule has 2 aromatic rings. The Bertz CT molecular complexity index is 1050. The molecule has 14 heteroatoms. The van der Waals surface area contributed by atoms with Crippen molar-refractivity contribution in [3.8, 4) is 0 Å². The van der Waals surface area contributed by atoms with Crippen LogP contribution in [-0.2, 0) is 36.8 Å². The average Bonchev–Trinajstić information content (AvgIpc) is 3.34. The van der Waals surface area contributed by atoms with Crippen LogP contribution < -0.4 is 21.7 Å². The molecule has 8 N–H and O–H groups in total. The Morgan fingerprint density at radius 1 is 0.917 bits per heavy atom. The largest absolute Gasteiger partial charge is 0.481 e. The van der Waals surface area contributed by atoms with Crippen molar-refractivity contribution < 1.29 is 34.2 Å². The lowest BCUT2D eigenvalue weighted by Crippen LogP contribution is -2.58. The van der Waals surface area contributed by atoms with Crippen molar-refractivity contribution in [2.24, 2.45) is 5.73 Å². The van der Waals surface area contributed by atoms with E-state index >= 15 is 0 Å². The molecular weight excluding hydrogens is 492 g/mol. The van der Waals surface area contributed by atoms with Gasteiger partial charge in [-0.2, -0.15) is 12.6 Å². The number of aromatic amines is 1. The highest BCUT2D eigenvalue weighted by Gasteiger charge is 2.31. The van der Waals surface area contributed by atoms with Gasteiger partial charge in [-0.15, -0.1) is 0 Å². The van der Waals surface area contributed by atoms with E-state index in [4.69, 9.17) is 5.73 Å². The first kappa shape index (κ1) is 28.3. The number of imidazole rings is 1. The molecular formula is C22H28N6O7S. The van der Waals surface area contributed by atoms with E-state index in [1.54, 1.807) is 24.3 Å². The number of benzene rings is 1. The molecule has 0 radical (unpaired) electrons. The summed E-state index contributed by atoms with van der Waals surface area (Å²) in [5.41, 5.74) is 7.17. The zero-order chi connectivity index (χ0) is 26.7. The number of carboxylic acid groups (broad SMARTS) is 2. The quantitative estimate of drug-likeness (QED) is 0.135. The monoisotopic (exact) mass is 520 g/mol. The maximum atomic E-state index is 12.7. The van der Waals surface area contributed by atoms with E-state index in [-0.39, 0.29) is 18.6 Å². The van der Waals surface area contributed by atoms with Crippen molar-refractivity contribution in [2.45, 2.75) is 43.4 Å². The lowest BCUT2D eigenvalue weighted by Gasteiger charge is -2.23. The summed E-state index contributed by atoms with van der Waals surface area (Å²) in [5, 5.41) is 25.5. The molecule has 1 aromatic carbocycles. The minimum Gasteiger partial charge on any atom is -0.481 e. The van der Waals surface area contributed by atoms with Gasteiger partial charge in [-0.05, 0) is 12.0 Å². The van der Waals surface area contributed by atoms with Crippen molar-refractivity contribution in [2.75, 3.05) is 5.75 Å². The van der Waals surface area contributed by atoms with Crippen LogP contribution in [-0.4, -0.2) is 79.8 Å². The van der Waals surface area contributed by atoms with Gasteiger partial charge >= 0.3 is 11.9 Å². The number of nitrogens with two attached hydrogens (primary N) is 1. The molecule has 0 spiro atoms. The van der Waals surface area contributed by atoms with Crippen LogP contribution in [0.4, 0.5) is 0 Å². The number of H-pyrrole nitrogens is 1. The van der Waals surface area contributed by atoms with Gasteiger partial charge in [-0.3, -0.25) is 19.2 Å². The fourth-order valence-corrected chi connectivity index (χ4v) is 3.44. The minimum absolute atomic E-state index is 0.149. The highest BCUT2D eigenvalue weighted by molar-refractivity contribution is 7.80. The van der Waals surface area contributed by atoms with E-state index in [9.17, 15) is 34.2 Å². The smallest absolute Gasteiger partial charge is 0.326 e. The number of carbonyl (C=O) groups is 5. The van der Waals surface area contributed by atoms with E-state index in [0.717, 1.165) is 5.56 Å². The fourth-order valence-electron chi connectivity index (χ4n) is 3.18. The van der Waals surface area contributed by atoms with Crippen LogP contribution in [0.3, 0.4) is 0 Å². The van der Waals surface area contributed by atoms with Gasteiger partial charge in [0.1, 0.15) is 18.1 Å². The van der Waals surface area contributed by atoms with E-state index in [1.165, 1.54) is 12.5 Å². The van der Waals surface area contributed by atoms with E-state index in [2.05, 4.69) is 38.5 Å². The molecule has 0 aliphatic heterocycles. The third-order valence-electron chi connectivity index (χ3n) is 5.06. The van der Waals surface area contributed by atoms with Crippen LogP contribution >= 0.6 is 12.6 Å². The lowest BCUT2D eigenvalue weighted by atomic mass is 10.1. The second kappa shape index (κ2) is 13.8. The zero-order valence-electron chi connectivity index (χ0n) is 19.1. The number of aromatic nitrogens is 2. The summed E-state index contributed by atoms with van der Waals surface area (Å²) in [5.74, 6) is -5.50. The summed E-state index contributed by atoms with van der Waals surface area (Å²) in [6.07, 6.45) is 1.95. The summed E-state index contributed by atoms with van der Waals surface area (Å²) < 4.78 is 0. The predicted molar refractivity (Wildman–Crippen MR) is 130 cm³/mol. The Kier molecular flexibility index (Phi) is 10.9. The molecule has 0 fully saturated rings. The molecule has 13 nitrogen and oxygen atoms in total. The van der Waals surface area contributed by atoms with Crippen molar-refractivity contribution in [3.63, 3.8) is 0 Å². The Hall–Kier alpha value is -3.91. The number of rotatable bonds is 14. The van der Waals surface area contributed by atoms with Crippen molar-refractivity contribution in [3.05, 3.63) is 54.1 Å². The number of amides is 3. The minimum atomic E-state index is -1.61. The molecule has 0 aliphatic rings. The van der Waals surface area contributed by atoms with Gasteiger partial charge in [-0.1, -0.05) is 30.3 Å². The Morgan fingerprint density at radius 3 is 2.08 bits per heavy atom. The van der Waals surface area contributed by atoms with Gasteiger partial charge in [-0.25, -0.2) is 9.78 Å². The van der Waals surface area contributed by atoms with Crippen molar-refractivity contribution in [1.29, 1.82) is 0 Å². The molecule has 36 heavy (non-hydrogen) atoms. The Morgan fingerprint density at radius 2 is 1.53 bits per heavy atom. The topological polar surface area (TPSA) is 217 Å². The van der Waals surface area contributed by atoms with Crippen LogP contribution in [0.1, 0.15) is 17.7 Å². The summed E-state index contributed by atoms with van der Waals surface area (Å²) in [6, 6.07) is 3.76. The van der Waals surface area contributed by atoms with Gasteiger partial charge < -0.3 is 36.9 Å². The molecule has 4 atom stereocenters. The number of nitrogens with one attached hydrogen (secondary N) is 4. The molecule has 4 unspecified atom stereocenters. The fraction of sp³-hybridized carbons (Fsp3) is 0.364. The highest BCUT2D eigenvalue weighted by atomic mass is 32.1. The molecule has 1 heterocycles. The molecule has 2 rings (SSSR count). The van der Waals surface area contributed by atoms with Gasteiger partial charge in [0.25, 0.3) is 0 Å². The second-order valence-corrected chi connectivity index (χ2v) is 8.24. The Labute approximate surface area is 211 Å². The number of aliphatic carboxylic acids is 2. The first-order valence-electron chi connectivity index (χ1n) is 10.8. The van der Waals surface area contributed by atoms with Crippen LogP contribution in [0.15, 0.2) is 42.9 Å². The van der Waals surface area contributed by atoms with Gasteiger partial charge in [0.2, 0.25) is 17.7 Å². The molecule has 0 saturated heterocycles. The van der Waals surface area contributed by atoms with Crippen molar-refractivity contribution in [1.82, 2.24) is 25.9 Å². The number of nitrogens with zero attached hydrogens (tertiary/aromatic N) is 1. The van der Waals surface area contributed by atoms with Gasteiger partial charge in [0.05, 0.1) is 18.8 Å². The average molecular weight is 521 g/mol. The summed E-state index contributed by atoms with van der Waals surface area (Å²) in [7, 11) is 0. The maximum absolute atomic E-state index is 12.7. The number of carbonyl (C=O) groups excluding carboxylic acids is 3.